The molecule has 1 atom stereocenters. The van der Waals surface area contributed by atoms with Crippen molar-refractivity contribution in [3.8, 4) is 5.75 Å². The van der Waals surface area contributed by atoms with Crippen LogP contribution in [0, 0.1) is 0 Å². The van der Waals surface area contributed by atoms with Crippen LogP contribution in [0.4, 0.5) is 11.4 Å². The molecular formula is C21H17Cl3N2O4S. The Morgan fingerprint density at radius 3 is 2.13 bits per heavy atom. The molecule has 6 nitrogen and oxygen atoms in total. The van der Waals surface area contributed by atoms with E-state index in [9.17, 15) is 13.2 Å². The summed E-state index contributed by atoms with van der Waals surface area (Å²) in [5.41, 5.74) is 0.651. The van der Waals surface area contributed by atoms with Crippen LogP contribution in [0.2, 0.25) is 15.1 Å². The van der Waals surface area contributed by atoms with Crippen molar-refractivity contribution in [1.82, 2.24) is 0 Å². The van der Waals surface area contributed by atoms with Crippen LogP contribution in [0.1, 0.15) is 6.92 Å². The van der Waals surface area contributed by atoms with Crippen LogP contribution in [0.25, 0.3) is 0 Å². The summed E-state index contributed by atoms with van der Waals surface area (Å²) in [6, 6.07) is 16.8. The molecule has 31 heavy (non-hydrogen) atoms. The lowest BCUT2D eigenvalue weighted by atomic mass is 10.3. The lowest BCUT2D eigenvalue weighted by molar-refractivity contribution is -0.122. The molecule has 0 fully saturated rings. The smallest absolute Gasteiger partial charge is 0.265 e. The molecule has 0 spiro atoms. The lowest BCUT2D eigenvalue weighted by Gasteiger charge is -2.15. The van der Waals surface area contributed by atoms with Crippen LogP contribution in [0.5, 0.6) is 5.75 Å². The van der Waals surface area contributed by atoms with Gasteiger partial charge in [0, 0.05) is 20.8 Å². The Bertz CT molecular complexity index is 1180. The number of hydrogen-bond acceptors (Lipinski definition) is 4. The first-order valence-electron chi connectivity index (χ1n) is 8.94. The van der Waals surface area contributed by atoms with E-state index in [-0.39, 0.29) is 10.6 Å². The first-order valence-corrected chi connectivity index (χ1v) is 11.6. The van der Waals surface area contributed by atoms with Crippen LogP contribution in [0.3, 0.4) is 0 Å². The highest BCUT2D eigenvalue weighted by Crippen LogP contribution is 2.25. The van der Waals surface area contributed by atoms with Crippen molar-refractivity contribution in [2.75, 3.05) is 10.0 Å². The van der Waals surface area contributed by atoms with E-state index in [1.54, 1.807) is 31.2 Å². The van der Waals surface area contributed by atoms with E-state index in [1.807, 2.05) is 0 Å². The van der Waals surface area contributed by atoms with Crippen molar-refractivity contribution in [3.63, 3.8) is 0 Å². The molecule has 0 heterocycles. The number of ether oxygens (including phenoxy) is 1. The minimum atomic E-state index is -3.87. The Hall–Kier alpha value is -2.45. The summed E-state index contributed by atoms with van der Waals surface area (Å²) in [7, 11) is -3.87. The minimum absolute atomic E-state index is 0.00447. The number of sulfonamides is 1. The van der Waals surface area contributed by atoms with Crippen LogP contribution >= 0.6 is 34.8 Å². The molecule has 0 unspecified atom stereocenters. The van der Waals surface area contributed by atoms with Gasteiger partial charge < -0.3 is 10.1 Å². The van der Waals surface area contributed by atoms with Crippen molar-refractivity contribution in [1.29, 1.82) is 0 Å². The fourth-order valence-electron chi connectivity index (χ4n) is 2.59. The summed E-state index contributed by atoms with van der Waals surface area (Å²) in [5.74, 6) is 0.0612. The third-order valence-electron chi connectivity index (χ3n) is 4.03. The van der Waals surface area contributed by atoms with E-state index in [1.165, 1.54) is 42.5 Å². The van der Waals surface area contributed by atoms with Gasteiger partial charge in [-0.05, 0) is 67.6 Å². The Labute approximate surface area is 195 Å². The fourth-order valence-corrected chi connectivity index (χ4v) is 4.33. The summed E-state index contributed by atoms with van der Waals surface area (Å²) < 4.78 is 33.1. The largest absolute Gasteiger partial charge is 0.481 e. The van der Waals surface area contributed by atoms with E-state index >= 15 is 0 Å². The molecule has 0 saturated heterocycles. The Morgan fingerprint density at radius 2 is 1.52 bits per heavy atom. The Balaban J connectivity index is 1.65. The number of carbonyl (C=O) groups excluding carboxylic acids is 1. The average molecular weight is 500 g/mol. The average Bonchev–Trinajstić information content (AvgIpc) is 2.67. The molecule has 1 amide bonds. The maximum Gasteiger partial charge on any atom is 0.265 e. The number of halogens is 3. The first kappa shape index (κ1) is 23.2. The molecule has 162 valence electrons. The quantitative estimate of drug-likeness (QED) is 0.427. The molecule has 0 aromatic heterocycles. The van der Waals surface area contributed by atoms with Gasteiger partial charge in [-0.15, -0.1) is 0 Å². The summed E-state index contributed by atoms with van der Waals surface area (Å²) in [4.78, 5) is 12.4. The van der Waals surface area contributed by atoms with Crippen LogP contribution in [0.15, 0.2) is 71.6 Å². The minimum Gasteiger partial charge on any atom is -0.481 e. The van der Waals surface area contributed by atoms with Crippen molar-refractivity contribution in [3.05, 3.63) is 81.8 Å². The molecule has 2 N–H and O–H groups in total. The topological polar surface area (TPSA) is 84.5 Å². The molecule has 10 heteroatoms. The molecular weight excluding hydrogens is 483 g/mol. The van der Waals surface area contributed by atoms with Gasteiger partial charge >= 0.3 is 0 Å². The van der Waals surface area contributed by atoms with E-state index in [4.69, 9.17) is 39.5 Å². The maximum atomic E-state index is 12.6. The van der Waals surface area contributed by atoms with Gasteiger partial charge in [0.15, 0.2) is 6.10 Å². The normalized spacial score (nSPS) is 12.1. The molecule has 0 aliphatic rings. The molecule has 3 aromatic carbocycles. The highest BCUT2D eigenvalue weighted by atomic mass is 35.5. The Kier molecular flexibility index (Phi) is 7.33. The van der Waals surface area contributed by atoms with Gasteiger partial charge in [0.2, 0.25) is 0 Å². The first-order chi connectivity index (χ1) is 14.6. The van der Waals surface area contributed by atoms with Crippen molar-refractivity contribution in [2.24, 2.45) is 0 Å². The number of carbonyl (C=O) groups is 1. The molecule has 0 aliphatic carbocycles. The number of rotatable bonds is 7. The van der Waals surface area contributed by atoms with E-state index in [0.717, 1.165) is 0 Å². The van der Waals surface area contributed by atoms with E-state index < -0.39 is 22.0 Å². The van der Waals surface area contributed by atoms with Gasteiger partial charge in [-0.2, -0.15) is 0 Å². The summed E-state index contributed by atoms with van der Waals surface area (Å²) in [6.45, 7) is 1.59. The van der Waals surface area contributed by atoms with Gasteiger partial charge in [-0.3, -0.25) is 9.52 Å². The number of anilines is 2. The number of hydrogen-bond donors (Lipinski definition) is 2. The number of nitrogens with one attached hydrogen (secondary N) is 2. The van der Waals surface area contributed by atoms with Gasteiger partial charge in [-0.25, -0.2) is 8.42 Å². The van der Waals surface area contributed by atoms with Gasteiger partial charge in [0.05, 0.1) is 10.6 Å². The predicted octanol–water partition coefficient (Wildman–Crippen LogP) is 5.85. The van der Waals surface area contributed by atoms with Crippen LogP contribution < -0.4 is 14.8 Å². The van der Waals surface area contributed by atoms with E-state index in [0.29, 0.717) is 26.5 Å². The zero-order valence-corrected chi connectivity index (χ0v) is 19.2. The third-order valence-corrected chi connectivity index (χ3v) is 6.09. The molecule has 0 aliphatic heterocycles. The number of amides is 1. The monoisotopic (exact) mass is 498 g/mol. The van der Waals surface area contributed by atoms with Crippen LogP contribution in [-0.2, 0) is 14.8 Å². The molecule has 0 radical (unpaired) electrons. The van der Waals surface area contributed by atoms with Crippen LogP contribution in [-0.4, -0.2) is 20.4 Å². The van der Waals surface area contributed by atoms with Crippen molar-refractivity contribution >= 4 is 62.1 Å². The standard InChI is InChI=1S/C21H17Cl3N2O4S/c1-13(30-19-4-2-3-14(22)12-19)21(27)25-17-5-7-20(8-6-17)31(28,29)26-18-10-15(23)9-16(24)11-18/h2-13,26H,1H3,(H,25,27)/t13-/m0/s1. The van der Waals surface area contributed by atoms with Crippen molar-refractivity contribution < 1.29 is 17.9 Å². The SMILES string of the molecule is C[C@H](Oc1cccc(Cl)c1)C(=O)Nc1ccc(S(=O)(=O)Nc2cc(Cl)cc(Cl)c2)cc1. The second kappa shape index (κ2) is 9.78. The zero-order chi connectivity index (χ0) is 22.6. The zero-order valence-electron chi connectivity index (χ0n) is 16.1. The van der Waals surface area contributed by atoms with Gasteiger partial charge in [0.25, 0.3) is 15.9 Å². The summed E-state index contributed by atoms with van der Waals surface area (Å²) >= 11 is 17.7. The predicted molar refractivity (Wildman–Crippen MR) is 124 cm³/mol. The second-order valence-corrected chi connectivity index (χ2v) is 9.49. The molecule has 0 saturated carbocycles. The maximum absolute atomic E-state index is 12.6. The molecule has 0 bridgehead atoms. The highest BCUT2D eigenvalue weighted by molar-refractivity contribution is 7.92. The van der Waals surface area contributed by atoms with Crippen molar-refractivity contribution in [2.45, 2.75) is 17.9 Å². The third kappa shape index (κ3) is 6.51. The second-order valence-electron chi connectivity index (χ2n) is 6.49. The number of benzene rings is 3. The van der Waals surface area contributed by atoms with Gasteiger partial charge in [-0.1, -0.05) is 40.9 Å². The molecule has 3 rings (SSSR count). The Morgan fingerprint density at radius 1 is 0.871 bits per heavy atom. The summed E-state index contributed by atoms with van der Waals surface area (Å²) in [6.07, 6.45) is -0.795. The highest BCUT2D eigenvalue weighted by Gasteiger charge is 2.17. The summed E-state index contributed by atoms with van der Waals surface area (Å²) in [5, 5.41) is 3.77. The van der Waals surface area contributed by atoms with Gasteiger partial charge in [0.1, 0.15) is 5.75 Å². The lowest BCUT2D eigenvalue weighted by Crippen LogP contribution is -2.30. The molecule has 3 aromatic rings. The fraction of sp³-hybridized carbons (Fsp3) is 0.0952. The van der Waals surface area contributed by atoms with E-state index in [2.05, 4.69) is 10.0 Å².